The van der Waals surface area contributed by atoms with Crippen LogP contribution in [0.15, 0.2) is 42.5 Å². The standard InChI is InChI=1S/C41H54N6O13S/c1-7-8-14-42-32-20-29(19-27(2)37(32)60-30-12-10-9-11-13-30)40(53)58-24-33(49)43-21-35(51)56-25-34(50)47(41(4,5)6)22-31(59-36(52)26-55-28(3)48)23-57-39-38(44-61-45-39)46-15-17-54-18-16-46/h9-13,19-20,31,42H,7-8,14-18,21-26H2,1-6H3,(H,43,49)/t31-/m0/s1. The lowest BCUT2D eigenvalue weighted by atomic mass is 10.1. The van der Waals surface area contributed by atoms with Gasteiger partial charge in [-0.15, -0.1) is 4.37 Å². The van der Waals surface area contributed by atoms with Crippen LogP contribution in [-0.2, 0) is 47.7 Å². The summed E-state index contributed by atoms with van der Waals surface area (Å²) < 4.78 is 46.8. The largest absolute Gasteiger partial charge is 0.470 e. The maximum Gasteiger partial charge on any atom is 0.344 e. The van der Waals surface area contributed by atoms with Crippen molar-refractivity contribution in [1.82, 2.24) is 19.0 Å². The van der Waals surface area contributed by atoms with Gasteiger partial charge in [0.2, 0.25) is 5.82 Å². The van der Waals surface area contributed by atoms with Gasteiger partial charge in [0, 0.05) is 32.1 Å². The average Bonchev–Trinajstić information content (AvgIpc) is 3.71. The van der Waals surface area contributed by atoms with E-state index in [0.29, 0.717) is 61.4 Å². The van der Waals surface area contributed by atoms with Crippen LogP contribution in [0.4, 0.5) is 11.5 Å². The first kappa shape index (κ1) is 47.7. The number of nitrogens with one attached hydrogen (secondary N) is 2. The van der Waals surface area contributed by atoms with Crippen molar-refractivity contribution in [3.8, 4) is 17.4 Å². The molecule has 1 aliphatic heterocycles. The zero-order chi connectivity index (χ0) is 44.4. The second kappa shape index (κ2) is 23.7. The maximum atomic E-state index is 13.5. The smallest absolute Gasteiger partial charge is 0.344 e. The van der Waals surface area contributed by atoms with Gasteiger partial charge < -0.3 is 53.6 Å². The van der Waals surface area contributed by atoms with E-state index in [-0.39, 0.29) is 24.6 Å². The number of ether oxygens (including phenoxy) is 7. The number of aryl methyl sites for hydroxylation is 1. The molecule has 61 heavy (non-hydrogen) atoms. The van der Waals surface area contributed by atoms with Gasteiger partial charge in [-0.1, -0.05) is 31.5 Å². The molecule has 1 aliphatic rings. The van der Waals surface area contributed by atoms with E-state index in [4.69, 9.17) is 33.2 Å². The van der Waals surface area contributed by atoms with E-state index in [0.717, 1.165) is 31.5 Å². The van der Waals surface area contributed by atoms with Gasteiger partial charge in [0.05, 0.1) is 42.7 Å². The molecule has 332 valence electrons. The number of carbonyl (C=O) groups is 6. The van der Waals surface area contributed by atoms with Crippen LogP contribution < -0.4 is 25.0 Å². The Hall–Kier alpha value is -6.02. The van der Waals surface area contributed by atoms with Crippen LogP contribution in [0.25, 0.3) is 0 Å². The van der Waals surface area contributed by atoms with Crippen molar-refractivity contribution in [2.45, 2.75) is 66.0 Å². The first-order chi connectivity index (χ1) is 29.1. The van der Waals surface area contributed by atoms with Gasteiger partial charge in [0.1, 0.15) is 18.9 Å². The molecule has 1 saturated heterocycles. The van der Waals surface area contributed by atoms with Crippen LogP contribution in [0.1, 0.15) is 63.4 Å². The highest BCUT2D eigenvalue weighted by atomic mass is 32.1. The molecule has 1 fully saturated rings. The lowest BCUT2D eigenvalue weighted by Crippen LogP contribution is -2.52. The summed E-state index contributed by atoms with van der Waals surface area (Å²) in [6, 6.07) is 12.4. The lowest BCUT2D eigenvalue weighted by molar-refractivity contribution is -0.166. The van der Waals surface area contributed by atoms with E-state index in [1.54, 1.807) is 39.8 Å². The number of esters is 4. The minimum Gasteiger partial charge on any atom is -0.470 e. The summed E-state index contributed by atoms with van der Waals surface area (Å²) in [4.78, 5) is 79.0. The molecule has 3 aromatic rings. The summed E-state index contributed by atoms with van der Waals surface area (Å²) in [5, 5.41) is 5.63. The molecule has 0 unspecified atom stereocenters. The van der Waals surface area contributed by atoms with E-state index in [1.165, 1.54) is 4.90 Å². The molecule has 20 heteroatoms. The van der Waals surface area contributed by atoms with Crippen LogP contribution in [0.3, 0.4) is 0 Å². The van der Waals surface area contributed by atoms with Gasteiger partial charge in [0.25, 0.3) is 17.7 Å². The Morgan fingerprint density at radius 2 is 1.69 bits per heavy atom. The minimum atomic E-state index is -1.09. The quantitative estimate of drug-likeness (QED) is 0.0835. The van der Waals surface area contributed by atoms with E-state index >= 15 is 0 Å². The molecule has 19 nitrogen and oxygen atoms in total. The van der Waals surface area contributed by atoms with Gasteiger partial charge in [0.15, 0.2) is 31.7 Å². The van der Waals surface area contributed by atoms with Crippen molar-refractivity contribution in [2.75, 3.05) is 82.6 Å². The molecule has 2 amide bonds. The van der Waals surface area contributed by atoms with Crippen molar-refractivity contribution in [3.63, 3.8) is 0 Å². The van der Waals surface area contributed by atoms with E-state index in [9.17, 15) is 28.8 Å². The van der Waals surface area contributed by atoms with Crippen molar-refractivity contribution in [2.24, 2.45) is 0 Å². The highest BCUT2D eigenvalue weighted by Gasteiger charge is 2.32. The molecule has 2 heterocycles. The van der Waals surface area contributed by atoms with Crippen molar-refractivity contribution in [1.29, 1.82) is 0 Å². The number of anilines is 2. The molecule has 0 bridgehead atoms. The molecule has 0 radical (unpaired) electrons. The number of nitrogens with zero attached hydrogens (tertiary/aromatic N) is 4. The van der Waals surface area contributed by atoms with Crippen molar-refractivity contribution in [3.05, 3.63) is 53.6 Å². The Bertz CT molecular complexity index is 1950. The number of carbonyl (C=O) groups excluding carboxylic acids is 6. The number of aromatic nitrogens is 2. The molecule has 4 rings (SSSR count). The van der Waals surface area contributed by atoms with E-state index < -0.39 is 73.7 Å². The first-order valence-corrected chi connectivity index (χ1v) is 20.5. The minimum absolute atomic E-state index is 0.192. The predicted octanol–water partition coefficient (Wildman–Crippen LogP) is 3.68. The number of rotatable bonds is 22. The van der Waals surface area contributed by atoms with Crippen molar-refractivity contribution >= 4 is 58.9 Å². The molecule has 0 spiro atoms. The van der Waals surface area contributed by atoms with E-state index in [2.05, 4.69) is 26.3 Å². The normalized spacial score (nSPS) is 13.0. The molecule has 2 N–H and O–H groups in total. The molecule has 2 aromatic carbocycles. The van der Waals surface area contributed by atoms with Crippen LogP contribution >= 0.6 is 11.7 Å². The lowest BCUT2D eigenvalue weighted by Gasteiger charge is -2.37. The number of hydrogen-bond donors (Lipinski definition) is 2. The number of benzene rings is 2. The van der Waals surface area contributed by atoms with Gasteiger partial charge >= 0.3 is 23.9 Å². The van der Waals surface area contributed by atoms with Gasteiger partial charge in [-0.3, -0.25) is 19.2 Å². The summed E-state index contributed by atoms with van der Waals surface area (Å²) in [7, 11) is 0. The fourth-order valence-electron chi connectivity index (χ4n) is 5.74. The van der Waals surface area contributed by atoms with Gasteiger partial charge in [-0.05, 0) is 63.9 Å². The number of amides is 2. The molecule has 0 saturated carbocycles. The molecular formula is C41H54N6O13S. The van der Waals surface area contributed by atoms with Gasteiger partial charge in [-0.25, -0.2) is 9.59 Å². The SMILES string of the molecule is CCCCNc1cc(C(=O)OCC(=O)NCC(=O)OCC(=O)N(C[C@@H](COc2nsnc2N2CCOCC2)OC(=O)COC(C)=O)C(C)(C)C)cc(C)c1Oc1ccccc1. The predicted molar refractivity (Wildman–Crippen MR) is 222 cm³/mol. The third kappa shape index (κ3) is 15.8. The van der Waals surface area contributed by atoms with Crippen LogP contribution in [-0.4, -0.2) is 133 Å². The molecule has 1 atom stereocenters. The number of unbranched alkanes of at least 4 members (excludes halogenated alkanes) is 1. The zero-order valence-electron chi connectivity index (χ0n) is 35.3. The monoisotopic (exact) mass is 870 g/mol. The second-order valence-electron chi connectivity index (χ2n) is 14.7. The average molecular weight is 871 g/mol. The maximum absolute atomic E-state index is 13.5. The topological polar surface area (TPSA) is 223 Å². The number of morpholine rings is 1. The Morgan fingerprint density at radius 3 is 2.38 bits per heavy atom. The van der Waals surface area contributed by atoms with Crippen molar-refractivity contribution < 1.29 is 61.9 Å². The Labute approximate surface area is 358 Å². The fraction of sp³-hybridized carbons (Fsp3) is 0.512. The summed E-state index contributed by atoms with van der Waals surface area (Å²) in [6.07, 6.45) is 0.759. The Kier molecular flexibility index (Phi) is 18.5. The zero-order valence-corrected chi connectivity index (χ0v) is 36.1. The second-order valence-corrected chi connectivity index (χ2v) is 15.3. The highest BCUT2D eigenvalue weighted by Crippen LogP contribution is 2.35. The van der Waals surface area contributed by atoms with Crippen LogP contribution in [0, 0.1) is 6.92 Å². The summed E-state index contributed by atoms with van der Waals surface area (Å²) in [5.74, 6) is -2.81. The third-order valence-electron chi connectivity index (χ3n) is 8.79. The van der Waals surface area contributed by atoms with Crippen LogP contribution in [0.5, 0.6) is 17.4 Å². The molecular weight excluding hydrogens is 817 g/mol. The Balaban J connectivity index is 1.30. The highest BCUT2D eigenvalue weighted by molar-refractivity contribution is 6.99. The Morgan fingerprint density at radius 1 is 0.951 bits per heavy atom. The number of hydrogen-bond acceptors (Lipinski definition) is 18. The van der Waals surface area contributed by atoms with Gasteiger partial charge in [-0.2, -0.15) is 4.37 Å². The summed E-state index contributed by atoms with van der Waals surface area (Å²) in [6.45, 7) is 9.83. The molecule has 1 aromatic heterocycles. The van der Waals surface area contributed by atoms with E-state index in [1.807, 2.05) is 35.2 Å². The summed E-state index contributed by atoms with van der Waals surface area (Å²) >= 11 is 0.942. The summed E-state index contributed by atoms with van der Waals surface area (Å²) in [5.41, 5.74) is 0.575. The first-order valence-electron chi connectivity index (χ1n) is 19.8. The third-order valence-corrected chi connectivity index (χ3v) is 9.29. The molecule has 0 aliphatic carbocycles. The van der Waals surface area contributed by atoms with Crippen LogP contribution in [0.2, 0.25) is 0 Å². The fourth-order valence-corrected chi connectivity index (χ4v) is 6.26. The number of para-hydroxylation sites is 1.